The average Bonchev–Trinajstić information content (AvgIpc) is 2.46. The Morgan fingerprint density at radius 3 is 2.76 bits per heavy atom. The van der Waals surface area contributed by atoms with Crippen molar-refractivity contribution in [2.45, 2.75) is 50.0 Å². The topological polar surface area (TPSA) is 81.1 Å². The van der Waals surface area contributed by atoms with E-state index in [1.165, 1.54) is 45.1 Å². The highest BCUT2D eigenvalue weighted by atomic mass is 16.2. The van der Waals surface area contributed by atoms with Crippen molar-refractivity contribution in [1.29, 1.82) is 0 Å². The molecule has 0 radical (unpaired) electrons. The van der Waals surface area contributed by atoms with Crippen molar-refractivity contribution < 1.29 is 4.79 Å². The van der Waals surface area contributed by atoms with Gasteiger partial charge in [0.1, 0.15) is 0 Å². The molecule has 1 saturated carbocycles. The Morgan fingerprint density at radius 2 is 1.95 bits per heavy atom. The number of rotatable bonds is 0. The summed E-state index contributed by atoms with van der Waals surface area (Å²) in [4.78, 5) is 9.00. The lowest BCUT2D eigenvalue weighted by atomic mass is 9.53. The van der Waals surface area contributed by atoms with Crippen molar-refractivity contribution in [2.75, 3.05) is 6.54 Å². The summed E-state index contributed by atoms with van der Waals surface area (Å²) in [7, 11) is 0. The highest BCUT2D eigenvalue weighted by Crippen LogP contribution is 2.53. The van der Waals surface area contributed by atoms with Crippen LogP contribution in [0.5, 0.6) is 0 Å². The van der Waals surface area contributed by atoms with E-state index in [1.807, 2.05) is 0 Å². The summed E-state index contributed by atoms with van der Waals surface area (Å²) < 4.78 is 0. The first kappa shape index (κ1) is 14.4. The number of piperidine rings is 1. The molecule has 21 heavy (non-hydrogen) atoms. The molecule has 3 atom stereocenters. The van der Waals surface area contributed by atoms with Crippen LogP contribution in [0.2, 0.25) is 0 Å². The number of primary amides is 2. The number of carbonyl (C=O) groups is 1. The van der Waals surface area contributed by atoms with E-state index in [9.17, 15) is 0 Å². The van der Waals surface area contributed by atoms with Gasteiger partial charge in [0, 0.05) is 11.5 Å². The molecule has 1 saturated heterocycles. The Morgan fingerprint density at radius 1 is 1.19 bits per heavy atom. The van der Waals surface area contributed by atoms with Crippen LogP contribution >= 0.6 is 0 Å². The van der Waals surface area contributed by atoms with E-state index in [2.05, 4.69) is 41.0 Å². The van der Waals surface area contributed by atoms with Crippen molar-refractivity contribution in [2.24, 2.45) is 17.4 Å². The molecule has 2 fully saturated rings. The van der Waals surface area contributed by atoms with Gasteiger partial charge in [0.05, 0.1) is 0 Å². The SMILES string of the molecule is NC(N)=O.c1ccc2c(c1)C[C@H]1NCC[C@@]23CCCC[C@@H]13. The van der Waals surface area contributed by atoms with Crippen molar-refractivity contribution in [3.8, 4) is 0 Å². The molecule has 5 N–H and O–H groups in total. The van der Waals surface area contributed by atoms with E-state index in [1.54, 1.807) is 11.1 Å². The fraction of sp³-hybridized carbons (Fsp3) is 0.588. The fourth-order valence-corrected chi connectivity index (χ4v) is 4.89. The molecule has 2 aliphatic carbocycles. The zero-order chi connectivity index (χ0) is 14.9. The number of benzene rings is 1. The molecule has 0 unspecified atom stereocenters. The Bertz CT molecular complexity index is 523. The lowest BCUT2D eigenvalue weighted by Gasteiger charge is -2.56. The maximum Gasteiger partial charge on any atom is 0.309 e. The second-order valence-electron chi connectivity index (χ2n) is 6.58. The molecule has 1 aromatic carbocycles. The van der Waals surface area contributed by atoms with E-state index in [4.69, 9.17) is 4.79 Å². The summed E-state index contributed by atoms with van der Waals surface area (Å²) in [6.07, 6.45) is 8.41. The van der Waals surface area contributed by atoms with Gasteiger partial charge in [0.2, 0.25) is 0 Å². The van der Waals surface area contributed by atoms with Crippen molar-refractivity contribution >= 4 is 6.03 Å². The summed E-state index contributed by atoms with van der Waals surface area (Å²) in [6.45, 7) is 1.23. The van der Waals surface area contributed by atoms with Crippen LogP contribution in [0.1, 0.15) is 43.2 Å². The summed E-state index contributed by atoms with van der Waals surface area (Å²) in [5.41, 5.74) is 12.4. The number of amides is 2. The number of nitrogens with two attached hydrogens (primary N) is 2. The minimum absolute atomic E-state index is 0.545. The molecular weight excluding hydrogens is 262 g/mol. The van der Waals surface area contributed by atoms with Gasteiger partial charge in [-0.1, -0.05) is 37.1 Å². The van der Waals surface area contributed by atoms with E-state index >= 15 is 0 Å². The third-order valence-electron chi connectivity index (χ3n) is 5.55. The molecule has 3 aliphatic rings. The summed E-state index contributed by atoms with van der Waals surface area (Å²) in [5, 5.41) is 3.79. The largest absolute Gasteiger partial charge is 0.352 e. The number of hydrogen-bond acceptors (Lipinski definition) is 2. The normalized spacial score (nSPS) is 33.0. The van der Waals surface area contributed by atoms with Crippen LogP contribution in [0.25, 0.3) is 0 Å². The maximum atomic E-state index is 9.00. The van der Waals surface area contributed by atoms with E-state index in [0.717, 1.165) is 12.0 Å². The van der Waals surface area contributed by atoms with E-state index in [-0.39, 0.29) is 0 Å². The highest BCUT2D eigenvalue weighted by molar-refractivity contribution is 5.69. The van der Waals surface area contributed by atoms with Crippen molar-refractivity contribution in [1.82, 2.24) is 5.32 Å². The Hall–Kier alpha value is -1.55. The van der Waals surface area contributed by atoms with Gasteiger partial charge in [0.25, 0.3) is 0 Å². The molecule has 4 nitrogen and oxygen atoms in total. The smallest absolute Gasteiger partial charge is 0.309 e. The first-order valence-corrected chi connectivity index (χ1v) is 8.00. The van der Waals surface area contributed by atoms with Crippen LogP contribution in [-0.4, -0.2) is 18.6 Å². The molecule has 2 amide bonds. The predicted molar refractivity (Wildman–Crippen MR) is 84.0 cm³/mol. The quantitative estimate of drug-likeness (QED) is 0.682. The first-order valence-electron chi connectivity index (χ1n) is 8.00. The third-order valence-corrected chi connectivity index (χ3v) is 5.55. The molecule has 114 valence electrons. The Labute approximate surface area is 126 Å². The monoisotopic (exact) mass is 287 g/mol. The molecule has 1 aromatic rings. The first-order chi connectivity index (χ1) is 10.1. The van der Waals surface area contributed by atoms with Crippen LogP contribution in [0.3, 0.4) is 0 Å². The second kappa shape index (κ2) is 5.68. The van der Waals surface area contributed by atoms with Gasteiger partial charge in [-0.15, -0.1) is 0 Å². The van der Waals surface area contributed by atoms with Gasteiger partial charge in [-0.25, -0.2) is 4.79 Å². The molecular formula is C17H25N3O. The summed E-state index contributed by atoms with van der Waals surface area (Å²) in [5.74, 6) is 0.917. The van der Waals surface area contributed by atoms with Gasteiger partial charge in [0.15, 0.2) is 0 Å². The van der Waals surface area contributed by atoms with Gasteiger partial charge in [-0.2, -0.15) is 0 Å². The van der Waals surface area contributed by atoms with Crippen molar-refractivity contribution in [3.05, 3.63) is 35.4 Å². The van der Waals surface area contributed by atoms with E-state index in [0.29, 0.717) is 5.41 Å². The molecule has 2 bridgehead atoms. The van der Waals surface area contributed by atoms with Crippen LogP contribution in [0.15, 0.2) is 24.3 Å². The molecule has 1 aliphatic heterocycles. The van der Waals surface area contributed by atoms with Crippen molar-refractivity contribution in [3.63, 3.8) is 0 Å². The number of carbonyl (C=O) groups excluding carboxylic acids is 1. The second-order valence-corrected chi connectivity index (χ2v) is 6.58. The lowest BCUT2D eigenvalue weighted by Crippen LogP contribution is -2.59. The van der Waals surface area contributed by atoms with Gasteiger partial charge in [-0.05, 0) is 49.3 Å². The minimum Gasteiger partial charge on any atom is -0.352 e. The summed E-state index contributed by atoms with van der Waals surface area (Å²) >= 11 is 0. The Kier molecular flexibility index (Phi) is 3.89. The Balaban J connectivity index is 0.000000298. The van der Waals surface area contributed by atoms with Crippen LogP contribution < -0.4 is 16.8 Å². The highest BCUT2D eigenvalue weighted by Gasteiger charge is 2.51. The van der Waals surface area contributed by atoms with Crippen LogP contribution in [-0.2, 0) is 11.8 Å². The molecule has 0 aromatic heterocycles. The van der Waals surface area contributed by atoms with Gasteiger partial charge < -0.3 is 16.8 Å². The number of nitrogens with one attached hydrogen (secondary N) is 1. The zero-order valence-corrected chi connectivity index (χ0v) is 12.5. The van der Waals surface area contributed by atoms with Crippen LogP contribution in [0.4, 0.5) is 4.79 Å². The molecule has 1 heterocycles. The zero-order valence-electron chi connectivity index (χ0n) is 12.5. The van der Waals surface area contributed by atoms with E-state index < -0.39 is 6.03 Å². The van der Waals surface area contributed by atoms with Gasteiger partial charge in [-0.3, -0.25) is 0 Å². The lowest BCUT2D eigenvalue weighted by molar-refractivity contribution is 0.0798. The number of urea groups is 1. The summed E-state index contributed by atoms with van der Waals surface area (Å²) in [6, 6.07) is 9.19. The number of fused-ring (bicyclic) bond motifs is 1. The predicted octanol–water partition coefficient (Wildman–Crippen LogP) is 2.06. The number of hydrogen-bond donors (Lipinski definition) is 3. The van der Waals surface area contributed by atoms with Crippen LogP contribution in [0, 0.1) is 5.92 Å². The van der Waals surface area contributed by atoms with Gasteiger partial charge >= 0.3 is 6.03 Å². The molecule has 4 heteroatoms. The fourth-order valence-electron chi connectivity index (χ4n) is 4.89. The molecule has 0 spiro atoms. The molecule has 4 rings (SSSR count). The maximum absolute atomic E-state index is 9.00. The minimum atomic E-state index is -0.833. The average molecular weight is 287 g/mol. The standard InChI is InChI=1S/C16H21N.CH4N2O/c1-2-6-13-12(5-1)11-15-14-7-3-4-8-16(13,14)9-10-17-15;2-1(3)4/h1-2,5-6,14-15,17H,3-4,7-11H2;(H4,2,3,4)/t14-,15+,16-;/m0./s1. The third kappa shape index (κ3) is 2.53.